The number of hydrogen-bond donors (Lipinski definition) is 1. The first-order chi connectivity index (χ1) is 5.18. The van der Waals surface area contributed by atoms with E-state index in [0.29, 0.717) is 20.9 Å². The first kappa shape index (κ1) is 8.59. The third kappa shape index (κ3) is 2.93. The van der Waals surface area contributed by atoms with E-state index in [1.54, 1.807) is 12.1 Å². The van der Waals surface area contributed by atoms with E-state index < -0.39 is 0 Å². The molecule has 0 heterocycles. The Hall–Kier alpha value is -0.501. The number of phenols is 1. The molecule has 2 nitrogen and oxygen atoms in total. The average Bonchev–Trinajstić information content (AvgIpc) is 1.85. The summed E-state index contributed by atoms with van der Waals surface area (Å²) in [6.07, 6.45) is 0. The van der Waals surface area contributed by atoms with E-state index in [0.717, 1.165) is 0 Å². The molecular weight excluding hydrogens is 205 g/mol. The molecule has 0 unspecified atom stereocenters. The quantitative estimate of drug-likeness (QED) is 0.714. The van der Waals surface area contributed by atoms with Gasteiger partial charge in [0.05, 0.1) is 0 Å². The topological polar surface area (TPSA) is 23.5 Å². The summed E-state index contributed by atoms with van der Waals surface area (Å²) in [6.45, 7) is 0. The van der Waals surface area contributed by atoms with Crippen LogP contribution in [0.4, 0.5) is 0 Å². The van der Waals surface area contributed by atoms with Gasteiger partial charge in [-0.1, -0.05) is 0 Å². The predicted octanol–water partition coefficient (Wildman–Crippen LogP) is 0.198. The summed E-state index contributed by atoms with van der Waals surface area (Å²) in [7, 11) is 4.06. The van der Waals surface area contributed by atoms with E-state index in [1.165, 1.54) is 4.46 Å². The minimum absolute atomic E-state index is 0.332. The maximum atomic E-state index is 9.12. The molecule has 0 radical (unpaired) electrons. The number of hydrogen-bond acceptors (Lipinski definition) is 2. The molecule has 1 rings (SSSR count). The summed E-state index contributed by atoms with van der Waals surface area (Å²) in [5.74, 6) is 0.353. The molecule has 11 heavy (non-hydrogen) atoms. The zero-order valence-electron chi connectivity index (χ0n) is 6.61. The molecule has 0 atom stereocenters. The predicted molar refractivity (Wildman–Crippen MR) is 47.2 cm³/mol. The van der Waals surface area contributed by atoms with Crippen molar-refractivity contribution in [1.82, 2.24) is 3.92 Å². The van der Waals surface area contributed by atoms with Gasteiger partial charge in [-0.05, 0) is 0 Å². The molecule has 0 saturated carbocycles. The van der Waals surface area contributed by atoms with Gasteiger partial charge in [-0.15, -0.1) is 0 Å². The van der Waals surface area contributed by atoms with E-state index in [-0.39, 0.29) is 0 Å². The van der Waals surface area contributed by atoms with Gasteiger partial charge in [-0.25, -0.2) is 0 Å². The van der Waals surface area contributed by atoms with Crippen LogP contribution in [0.5, 0.6) is 5.75 Å². The molecule has 3 heteroatoms. The fourth-order valence-electron chi connectivity index (χ4n) is 0.751. The Morgan fingerprint density at radius 3 is 2.64 bits per heavy atom. The van der Waals surface area contributed by atoms with Crippen LogP contribution in [0.2, 0.25) is 0 Å². The number of rotatable bonds is 2. The zero-order valence-corrected chi connectivity index (χ0v) is 8.33. The Kier molecular flexibility index (Phi) is 2.94. The molecule has 0 spiro atoms. The second-order valence-corrected chi connectivity index (χ2v) is 5.31. The van der Waals surface area contributed by atoms with Crippen LogP contribution in [0.3, 0.4) is 0 Å². The van der Waals surface area contributed by atoms with E-state index >= 15 is 0 Å². The molecule has 0 aromatic heterocycles. The van der Waals surface area contributed by atoms with Crippen LogP contribution >= 0.6 is 0 Å². The molecule has 0 aliphatic carbocycles. The van der Waals surface area contributed by atoms with Crippen LogP contribution in [0.15, 0.2) is 24.3 Å². The van der Waals surface area contributed by atoms with Gasteiger partial charge in [-0.2, -0.15) is 0 Å². The van der Waals surface area contributed by atoms with Gasteiger partial charge in [0.15, 0.2) is 0 Å². The van der Waals surface area contributed by atoms with Crippen molar-refractivity contribution in [3.8, 4) is 5.75 Å². The van der Waals surface area contributed by atoms with Gasteiger partial charge in [0.1, 0.15) is 0 Å². The van der Waals surface area contributed by atoms with Crippen LogP contribution in [0, 0.1) is 0 Å². The fraction of sp³-hybridized carbons (Fsp3) is 0.250. The second-order valence-electron chi connectivity index (χ2n) is 2.40. The molecule has 0 saturated heterocycles. The molecule has 1 N–H and O–H groups in total. The van der Waals surface area contributed by atoms with E-state index in [9.17, 15) is 0 Å². The Labute approximate surface area is 73.2 Å². The standard InChI is InChI=1S/C8H11NOSe/c1-9(2)11-8-5-3-4-7(10)6-8/h3-6,10H,1-2H3. The Morgan fingerprint density at radius 1 is 1.36 bits per heavy atom. The van der Waals surface area contributed by atoms with Crippen molar-refractivity contribution in [3.63, 3.8) is 0 Å². The monoisotopic (exact) mass is 217 g/mol. The van der Waals surface area contributed by atoms with E-state index in [4.69, 9.17) is 5.11 Å². The van der Waals surface area contributed by atoms with Crippen LogP contribution in [0.25, 0.3) is 0 Å². The van der Waals surface area contributed by atoms with Crippen molar-refractivity contribution in [3.05, 3.63) is 24.3 Å². The third-order valence-electron chi connectivity index (χ3n) is 1.11. The van der Waals surface area contributed by atoms with Crippen molar-refractivity contribution >= 4 is 19.6 Å². The molecule has 0 fully saturated rings. The third-order valence-corrected chi connectivity index (χ3v) is 2.85. The molecule has 0 bridgehead atoms. The Bertz CT molecular complexity index is 237. The van der Waals surface area contributed by atoms with Gasteiger partial charge in [0, 0.05) is 0 Å². The van der Waals surface area contributed by atoms with Gasteiger partial charge in [-0.3, -0.25) is 0 Å². The van der Waals surface area contributed by atoms with E-state index in [2.05, 4.69) is 3.92 Å². The minimum atomic E-state index is 0.332. The summed E-state index contributed by atoms with van der Waals surface area (Å²) in [6, 6.07) is 7.39. The Balaban J connectivity index is 2.71. The van der Waals surface area contributed by atoms with Gasteiger partial charge in [0.25, 0.3) is 0 Å². The molecule has 0 aliphatic heterocycles. The van der Waals surface area contributed by atoms with Crippen molar-refractivity contribution in [2.24, 2.45) is 0 Å². The summed E-state index contributed by atoms with van der Waals surface area (Å²) in [4.78, 5) is 0. The van der Waals surface area contributed by atoms with Crippen molar-refractivity contribution in [2.45, 2.75) is 0 Å². The van der Waals surface area contributed by atoms with Gasteiger partial charge >= 0.3 is 72.8 Å². The molecule has 1 aromatic carbocycles. The molecule has 1 aromatic rings. The summed E-state index contributed by atoms with van der Waals surface area (Å²) >= 11 is 0.332. The molecular formula is C8H11NOSe. The number of nitrogens with zero attached hydrogens (tertiary/aromatic N) is 1. The zero-order chi connectivity index (χ0) is 8.27. The van der Waals surface area contributed by atoms with Crippen molar-refractivity contribution < 1.29 is 5.11 Å². The SMILES string of the molecule is CN(C)[Se]c1cccc(O)c1. The van der Waals surface area contributed by atoms with Gasteiger partial charge < -0.3 is 0 Å². The summed E-state index contributed by atoms with van der Waals surface area (Å²) in [5, 5.41) is 9.12. The molecule has 0 amide bonds. The summed E-state index contributed by atoms with van der Waals surface area (Å²) in [5.41, 5.74) is 0. The fourth-order valence-corrected chi connectivity index (χ4v) is 2.29. The number of benzene rings is 1. The normalized spacial score (nSPS) is 10.5. The summed E-state index contributed by atoms with van der Waals surface area (Å²) < 4.78 is 3.32. The van der Waals surface area contributed by atoms with Gasteiger partial charge in [0.2, 0.25) is 0 Å². The Morgan fingerprint density at radius 2 is 2.09 bits per heavy atom. The molecule has 60 valence electrons. The first-order valence-corrected chi connectivity index (χ1v) is 4.95. The maximum absolute atomic E-state index is 9.12. The van der Waals surface area contributed by atoms with E-state index in [1.807, 2.05) is 26.2 Å². The van der Waals surface area contributed by atoms with Crippen LogP contribution in [0.1, 0.15) is 0 Å². The number of phenolic OH excluding ortho intramolecular Hbond substituents is 1. The second kappa shape index (κ2) is 3.77. The average molecular weight is 216 g/mol. The molecule has 0 aliphatic rings. The first-order valence-electron chi connectivity index (χ1n) is 3.33. The van der Waals surface area contributed by atoms with Crippen LogP contribution < -0.4 is 4.46 Å². The number of aromatic hydroxyl groups is 1. The van der Waals surface area contributed by atoms with Crippen molar-refractivity contribution in [1.29, 1.82) is 0 Å². The van der Waals surface area contributed by atoms with Crippen LogP contribution in [-0.4, -0.2) is 38.3 Å². The van der Waals surface area contributed by atoms with Crippen LogP contribution in [-0.2, 0) is 0 Å². The van der Waals surface area contributed by atoms with Crippen molar-refractivity contribution in [2.75, 3.05) is 14.1 Å².